The van der Waals surface area contributed by atoms with Gasteiger partial charge < -0.3 is 8.83 Å². The van der Waals surface area contributed by atoms with Crippen LogP contribution in [-0.4, -0.2) is 0 Å². The van der Waals surface area contributed by atoms with Gasteiger partial charge in [-0.05, 0) is 24.3 Å². The van der Waals surface area contributed by atoms with E-state index in [0.717, 1.165) is 21.9 Å². The molecule has 0 atom stereocenters. The highest BCUT2D eigenvalue weighted by Crippen LogP contribution is 2.13. The predicted molar refractivity (Wildman–Crippen MR) is 79.2 cm³/mol. The lowest BCUT2D eigenvalue weighted by Crippen LogP contribution is -1.57. The van der Waals surface area contributed by atoms with Gasteiger partial charge in [-0.15, -0.1) is 0 Å². The number of fused-ring (bicyclic) bond motifs is 2. The van der Waals surface area contributed by atoms with Crippen molar-refractivity contribution < 1.29 is 8.83 Å². The Morgan fingerprint density at radius 1 is 0.526 bits per heavy atom. The summed E-state index contributed by atoms with van der Waals surface area (Å²) in [6.07, 6.45) is 3.40. The number of benzene rings is 2. The maximum Gasteiger partial charge on any atom is 0.133 e. The third-order valence-electron chi connectivity index (χ3n) is 2.72. The van der Waals surface area contributed by atoms with Crippen LogP contribution in [0.15, 0.2) is 82.0 Å². The van der Waals surface area contributed by atoms with Gasteiger partial charge in [0.1, 0.15) is 11.2 Å². The average Bonchev–Trinajstić information content (AvgIpc) is 3.08. The second-order valence-corrected chi connectivity index (χ2v) is 3.92. The van der Waals surface area contributed by atoms with Crippen molar-refractivity contribution in [2.45, 2.75) is 7.43 Å². The molecule has 2 heterocycles. The summed E-state index contributed by atoms with van der Waals surface area (Å²) >= 11 is 0. The van der Waals surface area contributed by atoms with Crippen LogP contribution in [0.4, 0.5) is 0 Å². The van der Waals surface area contributed by atoms with Crippen LogP contribution in [0.2, 0.25) is 0 Å². The molecule has 0 aliphatic heterocycles. The van der Waals surface area contributed by atoms with Gasteiger partial charge in [0.15, 0.2) is 0 Å². The molecule has 0 unspecified atom stereocenters. The van der Waals surface area contributed by atoms with E-state index in [2.05, 4.69) is 0 Å². The number of hydrogen-bond acceptors (Lipinski definition) is 2. The quantitative estimate of drug-likeness (QED) is 0.413. The molecule has 0 N–H and O–H groups in total. The first-order valence-electron chi connectivity index (χ1n) is 5.78. The van der Waals surface area contributed by atoms with Crippen LogP contribution in [0, 0.1) is 0 Å². The summed E-state index contributed by atoms with van der Waals surface area (Å²) in [6.45, 7) is 0. The van der Waals surface area contributed by atoms with E-state index in [1.54, 1.807) is 12.5 Å². The third-order valence-corrected chi connectivity index (χ3v) is 2.72. The Morgan fingerprint density at radius 2 is 0.947 bits per heavy atom. The van der Waals surface area contributed by atoms with Gasteiger partial charge in [-0.2, -0.15) is 0 Å². The molecule has 4 rings (SSSR count). The zero-order chi connectivity index (χ0) is 12.2. The maximum absolute atomic E-state index is 5.12. The molecule has 0 spiro atoms. The highest BCUT2D eigenvalue weighted by atomic mass is 16.3. The fourth-order valence-corrected chi connectivity index (χ4v) is 1.81. The number of furan rings is 2. The van der Waals surface area contributed by atoms with E-state index in [1.807, 2.05) is 60.7 Å². The highest BCUT2D eigenvalue weighted by Gasteiger charge is 1.90. The van der Waals surface area contributed by atoms with E-state index in [0.29, 0.717) is 0 Å². The summed E-state index contributed by atoms with van der Waals surface area (Å²) < 4.78 is 10.2. The second-order valence-electron chi connectivity index (χ2n) is 3.92. The standard InChI is InChI=1S/2C8H6O.CH4/c2*1-2-4-8-7(3-1)5-6-9-8;/h2*1-6H;1H4. The Balaban J connectivity index is 0.000000133. The first-order chi connectivity index (χ1) is 8.93. The first kappa shape index (κ1) is 13.0. The van der Waals surface area contributed by atoms with Gasteiger partial charge in [0.05, 0.1) is 12.5 Å². The molecule has 2 heteroatoms. The van der Waals surface area contributed by atoms with E-state index in [-0.39, 0.29) is 7.43 Å². The topological polar surface area (TPSA) is 26.3 Å². The van der Waals surface area contributed by atoms with Crippen molar-refractivity contribution >= 4 is 21.9 Å². The van der Waals surface area contributed by atoms with Crippen molar-refractivity contribution in [2.24, 2.45) is 0 Å². The van der Waals surface area contributed by atoms with Gasteiger partial charge in [-0.25, -0.2) is 0 Å². The lowest BCUT2D eigenvalue weighted by Gasteiger charge is -1.81. The minimum absolute atomic E-state index is 0. The molecular weight excluding hydrogens is 236 g/mol. The van der Waals surface area contributed by atoms with Crippen molar-refractivity contribution in [1.29, 1.82) is 0 Å². The van der Waals surface area contributed by atoms with Crippen molar-refractivity contribution in [3.05, 3.63) is 73.2 Å². The van der Waals surface area contributed by atoms with Crippen LogP contribution in [0.25, 0.3) is 21.9 Å². The Labute approximate surface area is 112 Å². The van der Waals surface area contributed by atoms with Crippen molar-refractivity contribution in [1.82, 2.24) is 0 Å². The number of para-hydroxylation sites is 2. The first-order valence-corrected chi connectivity index (χ1v) is 5.78. The molecule has 0 saturated heterocycles. The normalized spacial score (nSPS) is 9.68. The summed E-state index contributed by atoms with van der Waals surface area (Å²) in [5.41, 5.74) is 1.91. The molecule has 2 aromatic heterocycles. The summed E-state index contributed by atoms with van der Waals surface area (Å²) in [5.74, 6) is 0. The zero-order valence-electron chi connectivity index (χ0n) is 9.74. The summed E-state index contributed by atoms with van der Waals surface area (Å²) in [4.78, 5) is 0. The van der Waals surface area contributed by atoms with Crippen molar-refractivity contribution in [3.8, 4) is 0 Å². The van der Waals surface area contributed by atoms with Gasteiger partial charge >= 0.3 is 0 Å². The molecule has 0 saturated carbocycles. The predicted octanol–water partition coefficient (Wildman–Crippen LogP) is 5.50. The molecule has 0 aliphatic rings. The molecule has 0 amide bonds. The molecule has 2 nitrogen and oxygen atoms in total. The van der Waals surface area contributed by atoms with Gasteiger partial charge in [0, 0.05) is 10.8 Å². The Kier molecular flexibility index (Phi) is 4.04. The summed E-state index contributed by atoms with van der Waals surface area (Å²) in [5, 5.41) is 2.33. The third kappa shape index (κ3) is 2.86. The van der Waals surface area contributed by atoms with Crippen molar-refractivity contribution in [3.63, 3.8) is 0 Å². The lowest BCUT2D eigenvalue weighted by atomic mass is 10.3. The lowest BCUT2D eigenvalue weighted by molar-refractivity contribution is 0.615. The Hall–Kier alpha value is -2.48. The van der Waals surface area contributed by atoms with E-state index in [9.17, 15) is 0 Å². The van der Waals surface area contributed by atoms with Crippen molar-refractivity contribution in [2.75, 3.05) is 0 Å². The van der Waals surface area contributed by atoms with Gasteiger partial charge in [-0.3, -0.25) is 0 Å². The Morgan fingerprint density at radius 3 is 1.37 bits per heavy atom. The molecule has 4 aromatic rings. The Bertz CT molecular complexity index is 623. The molecule has 2 aromatic carbocycles. The molecule has 0 bridgehead atoms. The molecule has 0 fully saturated rings. The monoisotopic (exact) mass is 252 g/mol. The minimum Gasteiger partial charge on any atom is -0.464 e. The van der Waals surface area contributed by atoms with E-state index < -0.39 is 0 Å². The summed E-state index contributed by atoms with van der Waals surface area (Å²) in [6, 6.07) is 19.8. The zero-order valence-corrected chi connectivity index (χ0v) is 9.74. The van der Waals surface area contributed by atoms with Crippen LogP contribution in [0.3, 0.4) is 0 Å². The largest absolute Gasteiger partial charge is 0.464 e. The van der Waals surface area contributed by atoms with Crippen LogP contribution in [0.1, 0.15) is 7.43 Å². The van der Waals surface area contributed by atoms with Gasteiger partial charge in [0.2, 0.25) is 0 Å². The summed E-state index contributed by atoms with van der Waals surface area (Å²) in [7, 11) is 0. The fraction of sp³-hybridized carbons (Fsp3) is 0.0588. The minimum atomic E-state index is 0. The van der Waals surface area contributed by atoms with Crippen LogP contribution < -0.4 is 0 Å². The molecule has 96 valence electrons. The second kappa shape index (κ2) is 5.91. The smallest absolute Gasteiger partial charge is 0.133 e. The average molecular weight is 252 g/mol. The SMILES string of the molecule is C.c1ccc2occc2c1.c1ccc2occc2c1. The molecule has 0 radical (unpaired) electrons. The molecule has 19 heavy (non-hydrogen) atoms. The maximum atomic E-state index is 5.12. The van der Waals surface area contributed by atoms with E-state index >= 15 is 0 Å². The molecule has 0 aliphatic carbocycles. The number of hydrogen-bond donors (Lipinski definition) is 0. The fourth-order valence-electron chi connectivity index (χ4n) is 1.81. The van der Waals surface area contributed by atoms with Gasteiger partial charge in [-0.1, -0.05) is 43.8 Å². The van der Waals surface area contributed by atoms with Crippen LogP contribution >= 0.6 is 0 Å². The highest BCUT2D eigenvalue weighted by molar-refractivity contribution is 5.77. The van der Waals surface area contributed by atoms with E-state index in [1.165, 1.54) is 0 Å². The number of rotatable bonds is 0. The van der Waals surface area contributed by atoms with Crippen LogP contribution in [-0.2, 0) is 0 Å². The van der Waals surface area contributed by atoms with E-state index in [4.69, 9.17) is 8.83 Å². The molecular formula is C17H16O2. The van der Waals surface area contributed by atoms with Gasteiger partial charge in [0.25, 0.3) is 0 Å². The van der Waals surface area contributed by atoms with Crippen LogP contribution in [0.5, 0.6) is 0 Å².